The lowest BCUT2D eigenvalue weighted by molar-refractivity contribution is 0.0603. The van der Waals surface area contributed by atoms with E-state index in [4.69, 9.17) is 5.73 Å². The highest BCUT2D eigenvalue weighted by molar-refractivity contribution is 5.14. The van der Waals surface area contributed by atoms with Crippen molar-refractivity contribution in [1.29, 1.82) is 0 Å². The molecule has 2 rings (SSSR count). The Morgan fingerprint density at radius 3 is 2.67 bits per heavy atom. The fourth-order valence-electron chi connectivity index (χ4n) is 3.88. The van der Waals surface area contributed by atoms with E-state index < -0.39 is 0 Å². The van der Waals surface area contributed by atoms with Crippen molar-refractivity contribution in [3.8, 4) is 0 Å². The van der Waals surface area contributed by atoms with Gasteiger partial charge in [0.15, 0.2) is 0 Å². The van der Waals surface area contributed by atoms with E-state index in [0.29, 0.717) is 0 Å². The monoisotopic (exact) mass is 288 g/mol. The van der Waals surface area contributed by atoms with E-state index in [-0.39, 0.29) is 5.54 Å². The lowest BCUT2D eigenvalue weighted by Crippen LogP contribution is -2.54. The van der Waals surface area contributed by atoms with Gasteiger partial charge in [0.05, 0.1) is 0 Å². The van der Waals surface area contributed by atoms with E-state index in [1.807, 2.05) is 0 Å². The van der Waals surface area contributed by atoms with Crippen molar-refractivity contribution >= 4 is 0 Å². The molecule has 21 heavy (non-hydrogen) atoms. The Morgan fingerprint density at radius 2 is 2.00 bits per heavy atom. The van der Waals surface area contributed by atoms with Gasteiger partial charge in [-0.25, -0.2) is 0 Å². The zero-order valence-corrected chi connectivity index (χ0v) is 13.9. The Kier molecular flexibility index (Phi) is 6.25. The van der Waals surface area contributed by atoms with E-state index >= 15 is 0 Å². The number of likely N-dealkylation sites (N-methyl/N-ethyl adjacent to an activating group) is 1. The molecule has 2 N–H and O–H groups in total. The second kappa shape index (κ2) is 7.95. The van der Waals surface area contributed by atoms with E-state index in [1.54, 1.807) is 0 Å². The molecule has 2 unspecified atom stereocenters. The van der Waals surface area contributed by atoms with Crippen LogP contribution < -0.4 is 5.73 Å². The average Bonchev–Trinajstić information content (AvgIpc) is 2.52. The summed E-state index contributed by atoms with van der Waals surface area (Å²) in [6.07, 6.45) is 9.00. The first-order valence-electron chi connectivity index (χ1n) is 8.61. The second-order valence-electron chi connectivity index (χ2n) is 6.99. The van der Waals surface area contributed by atoms with Gasteiger partial charge in [-0.05, 0) is 57.2 Å². The molecule has 2 heteroatoms. The lowest BCUT2D eigenvalue weighted by atomic mass is 9.75. The first kappa shape index (κ1) is 16.5. The quantitative estimate of drug-likeness (QED) is 0.772. The summed E-state index contributed by atoms with van der Waals surface area (Å²) in [5.74, 6) is 0.828. The summed E-state index contributed by atoms with van der Waals surface area (Å²) >= 11 is 0. The van der Waals surface area contributed by atoms with Gasteiger partial charge < -0.3 is 5.73 Å². The number of unbranched alkanes of at least 4 members (excludes halogenated alkanes) is 1. The van der Waals surface area contributed by atoms with Crippen LogP contribution in [0.25, 0.3) is 0 Å². The molecular weight excluding hydrogens is 256 g/mol. The molecule has 1 aliphatic rings. The van der Waals surface area contributed by atoms with Crippen molar-refractivity contribution in [2.75, 3.05) is 20.1 Å². The standard InChI is InChI=1S/C19H32N2/c1-17-9-8-13-19(15-17,16-20)21(2)14-7-6-12-18-10-4-3-5-11-18/h3-5,10-11,17H,6-9,12-16,20H2,1-2H3. The lowest BCUT2D eigenvalue weighted by Gasteiger charge is -2.46. The van der Waals surface area contributed by atoms with Crippen molar-refractivity contribution < 1.29 is 0 Å². The normalized spacial score (nSPS) is 26.2. The van der Waals surface area contributed by atoms with E-state index in [9.17, 15) is 0 Å². The molecule has 1 fully saturated rings. The number of hydrogen-bond acceptors (Lipinski definition) is 2. The van der Waals surface area contributed by atoms with E-state index in [1.165, 1.54) is 57.1 Å². The highest BCUT2D eigenvalue weighted by Gasteiger charge is 2.36. The Labute approximate surface area is 130 Å². The SMILES string of the molecule is CC1CCCC(CN)(N(C)CCCCc2ccccc2)C1. The molecule has 0 heterocycles. The maximum atomic E-state index is 6.16. The van der Waals surface area contributed by atoms with Crippen LogP contribution in [-0.4, -0.2) is 30.6 Å². The molecule has 1 aliphatic carbocycles. The molecule has 0 spiro atoms. The first-order valence-corrected chi connectivity index (χ1v) is 8.61. The van der Waals surface area contributed by atoms with Gasteiger partial charge in [-0.3, -0.25) is 4.90 Å². The van der Waals surface area contributed by atoms with Crippen LogP contribution in [0.3, 0.4) is 0 Å². The molecule has 0 bridgehead atoms. The second-order valence-corrected chi connectivity index (χ2v) is 6.99. The number of benzene rings is 1. The van der Waals surface area contributed by atoms with Crippen molar-refractivity contribution in [2.24, 2.45) is 11.7 Å². The summed E-state index contributed by atoms with van der Waals surface area (Å²) in [5.41, 5.74) is 7.88. The minimum absolute atomic E-state index is 0.268. The van der Waals surface area contributed by atoms with Gasteiger partial charge in [0, 0.05) is 12.1 Å². The number of aryl methyl sites for hydroxylation is 1. The van der Waals surface area contributed by atoms with E-state index in [0.717, 1.165) is 12.5 Å². The number of nitrogens with zero attached hydrogens (tertiary/aromatic N) is 1. The number of rotatable bonds is 7. The minimum Gasteiger partial charge on any atom is -0.329 e. The van der Waals surface area contributed by atoms with Gasteiger partial charge in [-0.1, -0.05) is 50.1 Å². The zero-order valence-electron chi connectivity index (χ0n) is 13.9. The van der Waals surface area contributed by atoms with Crippen LogP contribution in [0.4, 0.5) is 0 Å². The topological polar surface area (TPSA) is 29.3 Å². The highest BCUT2D eigenvalue weighted by Crippen LogP contribution is 2.35. The van der Waals surface area contributed by atoms with Crippen molar-refractivity contribution in [3.05, 3.63) is 35.9 Å². The van der Waals surface area contributed by atoms with Crippen LogP contribution >= 0.6 is 0 Å². The third-order valence-electron chi connectivity index (χ3n) is 5.31. The van der Waals surface area contributed by atoms with Gasteiger partial charge in [-0.2, -0.15) is 0 Å². The van der Waals surface area contributed by atoms with Crippen LogP contribution in [0.5, 0.6) is 0 Å². The first-order chi connectivity index (χ1) is 10.2. The molecule has 0 radical (unpaired) electrons. The largest absolute Gasteiger partial charge is 0.329 e. The summed E-state index contributed by atoms with van der Waals surface area (Å²) in [7, 11) is 2.29. The molecule has 0 aliphatic heterocycles. The van der Waals surface area contributed by atoms with Crippen molar-refractivity contribution in [3.63, 3.8) is 0 Å². The molecular formula is C19H32N2. The summed E-state index contributed by atoms with van der Waals surface area (Å²) in [6, 6.07) is 10.8. The highest BCUT2D eigenvalue weighted by atomic mass is 15.2. The molecule has 0 amide bonds. The minimum atomic E-state index is 0.268. The maximum absolute atomic E-state index is 6.16. The van der Waals surface area contributed by atoms with Gasteiger partial charge in [0.25, 0.3) is 0 Å². The molecule has 1 saturated carbocycles. The fraction of sp³-hybridized carbons (Fsp3) is 0.684. The fourth-order valence-corrected chi connectivity index (χ4v) is 3.88. The molecule has 118 valence electrons. The van der Waals surface area contributed by atoms with Crippen LogP contribution in [0.1, 0.15) is 51.0 Å². The summed E-state index contributed by atoms with van der Waals surface area (Å²) < 4.78 is 0. The molecule has 0 saturated heterocycles. The zero-order chi connectivity index (χ0) is 15.1. The molecule has 0 aromatic heterocycles. The predicted octanol–water partition coefficient (Wildman–Crippen LogP) is 3.85. The number of hydrogen-bond donors (Lipinski definition) is 1. The van der Waals surface area contributed by atoms with Crippen molar-refractivity contribution in [2.45, 2.75) is 57.4 Å². The van der Waals surface area contributed by atoms with Gasteiger partial charge >= 0.3 is 0 Å². The number of nitrogens with two attached hydrogens (primary N) is 1. The van der Waals surface area contributed by atoms with Gasteiger partial charge in [-0.15, -0.1) is 0 Å². The third-order valence-corrected chi connectivity index (χ3v) is 5.31. The summed E-state index contributed by atoms with van der Waals surface area (Å²) in [6.45, 7) is 4.37. The van der Waals surface area contributed by atoms with Gasteiger partial charge in [0.2, 0.25) is 0 Å². The molecule has 1 aromatic carbocycles. The Hall–Kier alpha value is -0.860. The predicted molar refractivity (Wildman–Crippen MR) is 91.4 cm³/mol. The Balaban J connectivity index is 1.76. The molecule has 2 nitrogen and oxygen atoms in total. The average molecular weight is 288 g/mol. The molecule has 1 aromatic rings. The maximum Gasteiger partial charge on any atom is 0.0331 e. The van der Waals surface area contributed by atoms with Crippen molar-refractivity contribution in [1.82, 2.24) is 4.90 Å². The van der Waals surface area contributed by atoms with E-state index in [2.05, 4.69) is 49.2 Å². The smallest absolute Gasteiger partial charge is 0.0331 e. The van der Waals surface area contributed by atoms with Crippen LogP contribution in [0.2, 0.25) is 0 Å². The third kappa shape index (κ3) is 4.55. The van der Waals surface area contributed by atoms with Crippen LogP contribution in [0, 0.1) is 5.92 Å². The van der Waals surface area contributed by atoms with Crippen LogP contribution in [-0.2, 0) is 6.42 Å². The summed E-state index contributed by atoms with van der Waals surface area (Å²) in [5, 5.41) is 0. The summed E-state index contributed by atoms with van der Waals surface area (Å²) in [4.78, 5) is 2.56. The van der Waals surface area contributed by atoms with Gasteiger partial charge in [0.1, 0.15) is 0 Å². The molecule has 2 atom stereocenters. The Morgan fingerprint density at radius 1 is 1.24 bits per heavy atom. The van der Waals surface area contributed by atoms with Crippen LogP contribution in [0.15, 0.2) is 30.3 Å². The Bertz CT molecular complexity index is 403.